The van der Waals surface area contributed by atoms with Crippen LogP contribution in [0.25, 0.3) is 11.5 Å². The Morgan fingerprint density at radius 1 is 1.42 bits per heavy atom. The van der Waals surface area contributed by atoms with Crippen LogP contribution in [0.5, 0.6) is 0 Å². The van der Waals surface area contributed by atoms with Crippen molar-refractivity contribution < 1.29 is 9.53 Å². The summed E-state index contributed by atoms with van der Waals surface area (Å²) in [6, 6.07) is 3.63. The first-order chi connectivity index (χ1) is 8.78. The van der Waals surface area contributed by atoms with Gasteiger partial charge in [-0.25, -0.2) is 14.3 Å². The number of nitrogens with zero attached hydrogens (tertiary/aromatic N) is 3. The molecule has 0 radical (unpaired) electrons. The van der Waals surface area contributed by atoms with Crippen LogP contribution in [-0.2, 0) is 11.8 Å². The number of aryl methyl sites for hydroxylation is 1. The smallest absolute Gasteiger partial charge is 0.419 e. The maximum Gasteiger partial charge on any atom is 0.419 e. The van der Waals surface area contributed by atoms with Crippen molar-refractivity contribution in [1.29, 1.82) is 0 Å². The van der Waals surface area contributed by atoms with Gasteiger partial charge in [0.25, 0.3) is 0 Å². The van der Waals surface area contributed by atoms with Crippen LogP contribution in [-0.4, -0.2) is 25.8 Å². The van der Waals surface area contributed by atoms with E-state index in [0.29, 0.717) is 11.5 Å². The van der Waals surface area contributed by atoms with Crippen LogP contribution in [0, 0.1) is 0 Å². The highest BCUT2D eigenvalue weighted by molar-refractivity contribution is 9.10. The zero-order chi connectivity index (χ0) is 14.2. The summed E-state index contributed by atoms with van der Waals surface area (Å²) in [4.78, 5) is 16.5. The van der Waals surface area contributed by atoms with Gasteiger partial charge in [-0.15, -0.1) is 0 Å². The molecule has 6 heteroatoms. The topological polar surface area (TPSA) is 49.0 Å². The van der Waals surface area contributed by atoms with Crippen LogP contribution in [0.4, 0.5) is 4.79 Å². The van der Waals surface area contributed by atoms with Gasteiger partial charge < -0.3 is 9.30 Å². The van der Waals surface area contributed by atoms with Gasteiger partial charge in [0.1, 0.15) is 10.2 Å². The predicted octanol–water partition coefficient (Wildman–Crippen LogP) is 3.43. The molecule has 5 nitrogen and oxygen atoms in total. The molecule has 0 aliphatic rings. The number of halogens is 1. The van der Waals surface area contributed by atoms with Gasteiger partial charge in [0.15, 0.2) is 5.82 Å². The quantitative estimate of drug-likeness (QED) is 0.807. The molecule has 102 valence electrons. The highest BCUT2D eigenvalue weighted by atomic mass is 79.9. The molecule has 2 aromatic rings. The van der Waals surface area contributed by atoms with Crippen molar-refractivity contribution in [2.45, 2.75) is 26.4 Å². The normalized spacial score (nSPS) is 11.6. The van der Waals surface area contributed by atoms with E-state index >= 15 is 0 Å². The highest BCUT2D eigenvalue weighted by Crippen LogP contribution is 2.22. The van der Waals surface area contributed by atoms with Gasteiger partial charge >= 0.3 is 6.09 Å². The fraction of sp³-hybridized carbons (Fsp3) is 0.385. The van der Waals surface area contributed by atoms with Crippen molar-refractivity contribution in [2.24, 2.45) is 7.05 Å². The van der Waals surface area contributed by atoms with Crippen molar-refractivity contribution in [2.75, 3.05) is 0 Å². The molecule has 0 aliphatic heterocycles. The minimum absolute atomic E-state index is 0.411. The molecule has 2 rings (SSSR count). The van der Waals surface area contributed by atoms with Gasteiger partial charge in [-0.05, 0) is 48.8 Å². The van der Waals surface area contributed by atoms with Crippen LogP contribution in [0.2, 0.25) is 0 Å². The lowest BCUT2D eigenvalue weighted by Crippen LogP contribution is -2.27. The number of hydrogen-bond acceptors (Lipinski definition) is 3. The zero-order valence-electron chi connectivity index (χ0n) is 11.3. The summed E-state index contributed by atoms with van der Waals surface area (Å²) in [5.74, 6) is 0.697. The van der Waals surface area contributed by atoms with E-state index in [0.717, 1.165) is 4.60 Å². The maximum atomic E-state index is 12.1. The molecular formula is C13H16BrN3O2. The molecule has 0 aromatic carbocycles. The number of ether oxygens (including phenoxy) is 1. The highest BCUT2D eigenvalue weighted by Gasteiger charge is 2.21. The number of imidazole rings is 1. The third kappa shape index (κ3) is 3.07. The van der Waals surface area contributed by atoms with E-state index in [4.69, 9.17) is 4.74 Å². The standard InChI is InChI=1S/C13H16BrN3O2/c1-13(2,3)19-12(18)17-7-5-6-9(17)11-15-10(14)8-16(11)4/h5-8H,1-4H3. The molecule has 19 heavy (non-hydrogen) atoms. The first-order valence-electron chi connectivity index (χ1n) is 5.88. The lowest BCUT2D eigenvalue weighted by atomic mass is 10.2. The Labute approximate surface area is 120 Å². The minimum Gasteiger partial charge on any atom is -0.443 e. The minimum atomic E-state index is -0.527. The summed E-state index contributed by atoms with van der Waals surface area (Å²) >= 11 is 3.32. The van der Waals surface area contributed by atoms with E-state index in [1.807, 2.05) is 44.6 Å². The Morgan fingerprint density at radius 2 is 2.11 bits per heavy atom. The molecule has 0 bridgehead atoms. The molecule has 0 saturated heterocycles. The van der Waals surface area contributed by atoms with Crippen molar-refractivity contribution in [1.82, 2.24) is 14.1 Å². The van der Waals surface area contributed by atoms with Gasteiger partial charge in [-0.1, -0.05) is 0 Å². The molecule has 2 aromatic heterocycles. The molecule has 0 fully saturated rings. The van der Waals surface area contributed by atoms with Crippen molar-refractivity contribution >= 4 is 22.0 Å². The van der Waals surface area contributed by atoms with Gasteiger partial charge in [-0.2, -0.15) is 0 Å². The van der Waals surface area contributed by atoms with Crippen LogP contribution >= 0.6 is 15.9 Å². The van der Waals surface area contributed by atoms with Crippen LogP contribution in [0.3, 0.4) is 0 Å². The molecule has 0 N–H and O–H groups in total. The Bertz CT molecular complexity index is 608. The van der Waals surface area contributed by atoms with Crippen molar-refractivity contribution in [3.05, 3.63) is 29.1 Å². The fourth-order valence-electron chi connectivity index (χ4n) is 1.70. The van der Waals surface area contributed by atoms with E-state index in [9.17, 15) is 4.79 Å². The average molecular weight is 326 g/mol. The third-order valence-electron chi connectivity index (χ3n) is 2.42. The number of carbonyl (C=O) groups excluding carboxylic acids is 1. The maximum absolute atomic E-state index is 12.1. The second-order valence-electron chi connectivity index (χ2n) is 5.24. The summed E-state index contributed by atoms with van der Waals surface area (Å²) in [6.45, 7) is 5.52. The molecule has 0 aliphatic carbocycles. The van der Waals surface area contributed by atoms with Gasteiger partial charge in [-0.3, -0.25) is 0 Å². The fourth-order valence-corrected chi connectivity index (χ4v) is 2.18. The molecule has 0 atom stereocenters. The second kappa shape index (κ2) is 4.85. The number of hydrogen-bond donors (Lipinski definition) is 0. The van der Waals surface area contributed by atoms with E-state index < -0.39 is 11.7 Å². The summed E-state index contributed by atoms with van der Waals surface area (Å²) in [5, 5.41) is 0. The predicted molar refractivity (Wildman–Crippen MR) is 76.0 cm³/mol. The van der Waals surface area contributed by atoms with Gasteiger partial charge in [0.05, 0.1) is 5.69 Å². The van der Waals surface area contributed by atoms with Crippen LogP contribution < -0.4 is 0 Å². The summed E-state index contributed by atoms with van der Waals surface area (Å²) in [5.41, 5.74) is 0.170. The van der Waals surface area contributed by atoms with Crippen LogP contribution in [0.1, 0.15) is 20.8 Å². The second-order valence-corrected chi connectivity index (χ2v) is 6.05. The van der Waals surface area contributed by atoms with E-state index in [-0.39, 0.29) is 0 Å². The molecule has 0 unspecified atom stereocenters. The Balaban J connectivity index is 2.38. The largest absolute Gasteiger partial charge is 0.443 e. The van der Waals surface area contributed by atoms with Crippen molar-refractivity contribution in [3.8, 4) is 11.5 Å². The Hall–Kier alpha value is -1.56. The molecule has 0 saturated carbocycles. The molecule has 2 heterocycles. The van der Waals surface area contributed by atoms with E-state index in [1.165, 1.54) is 4.57 Å². The number of carbonyl (C=O) groups is 1. The van der Waals surface area contributed by atoms with E-state index in [2.05, 4.69) is 20.9 Å². The van der Waals surface area contributed by atoms with Crippen molar-refractivity contribution in [3.63, 3.8) is 0 Å². The lowest BCUT2D eigenvalue weighted by molar-refractivity contribution is 0.0540. The zero-order valence-corrected chi connectivity index (χ0v) is 12.9. The Kier molecular flexibility index (Phi) is 3.54. The molecule has 0 amide bonds. The monoisotopic (exact) mass is 325 g/mol. The average Bonchev–Trinajstić information content (AvgIpc) is 2.81. The first-order valence-corrected chi connectivity index (χ1v) is 6.67. The Morgan fingerprint density at radius 3 is 2.63 bits per heavy atom. The summed E-state index contributed by atoms with van der Waals surface area (Å²) in [7, 11) is 1.87. The van der Waals surface area contributed by atoms with E-state index in [1.54, 1.807) is 12.3 Å². The van der Waals surface area contributed by atoms with Gasteiger partial charge in [0.2, 0.25) is 0 Å². The number of aromatic nitrogens is 3. The third-order valence-corrected chi connectivity index (χ3v) is 2.80. The SMILES string of the molecule is Cn1cc(Br)nc1-c1cccn1C(=O)OC(C)(C)C. The summed E-state index contributed by atoms with van der Waals surface area (Å²) < 4.78 is 9.40. The summed E-state index contributed by atoms with van der Waals surface area (Å²) in [6.07, 6.45) is 3.10. The lowest BCUT2D eigenvalue weighted by Gasteiger charge is -2.20. The van der Waals surface area contributed by atoms with Gasteiger partial charge in [0, 0.05) is 19.4 Å². The first kappa shape index (κ1) is 13.9. The van der Waals surface area contributed by atoms with Crippen LogP contribution in [0.15, 0.2) is 29.1 Å². The molecule has 0 spiro atoms. The molecular weight excluding hydrogens is 310 g/mol. The number of rotatable bonds is 1.